The van der Waals surface area contributed by atoms with Gasteiger partial charge in [-0.2, -0.15) is 0 Å². The fourth-order valence-corrected chi connectivity index (χ4v) is 2.79. The molecule has 0 aromatic carbocycles. The molecule has 8 heteroatoms. The molecule has 0 bridgehead atoms. The first-order valence-corrected chi connectivity index (χ1v) is 9.94. The van der Waals surface area contributed by atoms with Gasteiger partial charge in [-0.25, -0.2) is 9.97 Å². The van der Waals surface area contributed by atoms with E-state index in [9.17, 15) is 4.79 Å². The Morgan fingerprint density at radius 3 is 2.82 bits per heavy atom. The number of aryl methyl sites for hydroxylation is 1. The number of oxazole rings is 1. The second kappa shape index (κ2) is 11.4. The molecular weight excluding hydrogens is 378 g/mol. The van der Waals surface area contributed by atoms with E-state index in [0.717, 1.165) is 22.8 Å². The zero-order valence-electron chi connectivity index (χ0n) is 16.7. The summed E-state index contributed by atoms with van der Waals surface area (Å²) in [4.78, 5) is 21.8. The van der Waals surface area contributed by atoms with Crippen LogP contribution in [0, 0.1) is 18.8 Å². The number of ether oxygens (including phenoxy) is 2. The molecule has 0 aliphatic rings. The van der Waals surface area contributed by atoms with Crippen LogP contribution in [0.25, 0.3) is 11.5 Å². The Balaban J connectivity index is 1.75. The smallest absolute Gasteiger partial charge is 0.315 e. The summed E-state index contributed by atoms with van der Waals surface area (Å²) in [6, 6.07) is 3.88. The number of methoxy groups -OCH3 is 1. The molecule has 7 nitrogen and oxygen atoms in total. The van der Waals surface area contributed by atoms with E-state index in [1.165, 1.54) is 18.9 Å². The van der Waals surface area contributed by atoms with Gasteiger partial charge in [-0.05, 0) is 19.1 Å². The first kappa shape index (κ1) is 21.8. The number of aromatic nitrogens is 2. The Morgan fingerprint density at radius 1 is 1.32 bits per heavy atom. The molecule has 0 radical (unpaired) electrons. The van der Waals surface area contributed by atoms with Crippen molar-refractivity contribution in [3.05, 3.63) is 29.8 Å². The maximum Gasteiger partial charge on any atom is 0.315 e. The lowest BCUT2D eigenvalue weighted by atomic mass is 10.2. The quantitative estimate of drug-likeness (QED) is 0.359. The molecule has 28 heavy (non-hydrogen) atoms. The lowest BCUT2D eigenvalue weighted by Crippen LogP contribution is -2.09. The molecule has 0 spiro atoms. The zero-order chi connectivity index (χ0) is 20.4. The molecule has 0 atom stereocenters. The summed E-state index contributed by atoms with van der Waals surface area (Å²) in [5.74, 6) is 8.74. The molecule has 0 unspecified atom stereocenters. The number of hydrogen-bond acceptors (Lipinski definition) is 8. The van der Waals surface area contributed by atoms with Gasteiger partial charge in [0.15, 0.2) is 0 Å². The molecule has 2 heterocycles. The van der Waals surface area contributed by atoms with Gasteiger partial charge in [-0.1, -0.05) is 11.8 Å². The highest BCUT2D eigenvalue weighted by molar-refractivity contribution is 8.00. The Labute approximate surface area is 169 Å². The topological polar surface area (TPSA) is 77.7 Å². The predicted octanol–water partition coefficient (Wildman–Crippen LogP) is 2.58. The monoisotopic (exact) mass is 403 g/mol. The minimum atomic E-state index is -0.241. The van der Waals surface area contributed by atoms with Crippen molar-refractivity contribution in [2.45, 2.75) is 13.3 Å². The first-order chi connectivity index (χ1) is 13.5. The largest absolute Gasteiger partial charge is 0.468 e. The third-order valence-electron chi connectivity index (χ3n) is 3.75. The highest BCUT2D eigenvalue weighted by Gasteiger charge is 2.12. The molecular formula is C20H25N3O4S. The first-order valence-electron chi connectivity index (χ1n) is 8.79. The Bertz CT molecular complexity index is 822. The van der Waals surface area contributed by atoms with Crippen molar-refractivity contribution in [1.29, 1.82) is 0 Å². The summed E-state index contributed by atoms with van der Waals surface area (Å²) < 4.78 is 15.8. The van der Waals surface area contributed by atoms with Gasteiger partial charge in [0, 0.05) is 26.7 Å². The molecule has 0 saturated carbocycles. The van der Waals surface area contributed by atoms with Crippen LogP contribution in [0.3, 0.4) is 0 Å². The Kier molecular flexibility index (Phi) is 8.85. The summed E-state index contributed by atoms with van der Waals surface area (Å²) in [6.07, 6.45) is 2.41. The standard InChI is InChI=1S/C20H25N3O4S/c1-15-17(9-11-26-10-5-6-12-28-14-19(24)25-4)22-20(27-15)16-7-8-18(21-13-16)23(2)3/h7-8,13H,9-12,14H2,1-4H3. The molecule has 2 rings (SSSR count). The number of carbonyl (C=O) groups excluding carboxylic acids is 1. The van der Waals surface area contributed by atoms with E-state index in [1.54, 1.807) is 6.20 Å². The number of hydrogen-bond donors (Lipinski definition) is 0. The zero-order valence-corrected chi connectivity index (χ0v) is 17.5. The van der Waals surface area contributed by atoms with E-state index in [4.69, 9.17) is 9.15 Å². The molecule has 0 amide bonds. The summed E-state index contributed by atoms with van der Waals surface area (Å²) in [7, 11) is 5.27. The SMILES string of the molecule is COC(=O)CSCC#CCOCCc1nc(-c2ccc(N(C)C)nc2)oc1C. The highest BCUT2D eigenvalue weighted by Crippen LogP contribution is 2.22. The molecule has 0 fully saturated rings. The van der Waals surface area contributed by atoms with E-state index in [0.29, 0.717) is 37.0 Å². The van der Waals surface area contributed by atoms with E-state index in [1.807, 2.05) is 38.1 Å². The maximum atomic E-state index is 10.9. The summed E-state index contributed by atoms with van der Waals surface area (Å²) in [5.41, 5.74) is 1.71. The summed E-state index contributed by atoms with van der Waals surface area (Å²) in [6.45, 7) is 2.75. The average molecular weight is 404 g/mol. The van der Waals surface area contributed by atoms with E-state index in [-0.39, 0.29) is 5.97 Å². The van der Waals surface area contributed by atoms with Gasteiger partial charge < -0.3 is 18.8 Å². The average Bonchev–Trinajstić information content (AvgIpc) is 3.07. The van der Waals surface area contributed by atoms with Gasteiger partial charge in [-0.15, -0.1) is 11.8 Å². The highest BCUT2D eigenvalue weighted by atomic mass is 32.2. The van der Waals surface area contributed by atoms with Crippen molar-refractivity contribution in [3.63, 3.8) is 0 Å². The van der Waals surface area contributed by atoms with Crippen molar-refractivity contribution in [3.8, 4) is 23.3 Å². The third-order valence-corrected chi connectivity index (χ3v) is 4.54. The molecule has 0 N–H and O–H groups in total. The van der Waals surface area contributed by atoms with Gasteiger partial charge in [0.05, 0.1) is 36.5 Å². The van der Waals surface area contributed by atoms with E-state index >= 15 is 0 Å². The van der Waals surface area contributed by atoms with E-state index < -0.39 is 0 Å². The van der Waals surface area contributed by atoms with Gasteiger partial charge >= 0.3 is 5.97 Å². The van der Waals surface area contributed by atoms with Crippen LogP contribution < -0.4 is 4.90 Å². The van der Waals surface area contributed by atoms with Crippen LogP contribution in [0.2, 0.25) is 0 Å². The second-order valence-electron chi connectivity index (χ2n) is 6.05. The van der Waals surface area contributed by atoms with Gasteiger partial charge in [0.2, 0.25) is 5.89 Å². The molecule has 0 aliphatic heterocycles. The van der Waals surface area contributed by atoms with Crippen molar-refractivity contribution in [2.75, 3.05) is 50.8 Å². The van der Waals surface area contributed by atoms with Gasteiger partial charge in [-0.3, -0.25) is 4.79 Å². The molecule has 2 aromatic heterocycles. The van der Waals surface area contributed by atoms with Crippen LogP contribution in [-0.2, 0) is 20.7 Å². The second-order valence-corrected chi connectivity index (χ2v) is 7.03. The number of rotatable bonds is 9. The normalized spacial score (nSPS) is 10.3. The predicted molar refractivity (Wildman–Crippen MR) is 110 cm³/mol. The third kappa shape index (κ3) is 6.91. The fraction of sp³-hybridized carbons (Fsp3) is 0.450. The maximum absolute atomic E-state index is 10.9. The van der Waals surface area contributed by atoms with Gasteiger partial charge in [0.25, 0.3) is 0 Å². The van der Waals surface area contributed by atoms with Crippen LogP contribution in [0.4, 0.5) is 5.82 Å². The number of nitrogens with zero attached hydrogens (tertiary/aromatic N) is 3. The van der Waals surface area contributed by atoms with Crippen molar-refractivity contribution >= 4 is 23.5 Å². The minimum Gasteiger partial charge on any atom is -0.468 e. The van der Waals surface area contributed by atoms with Crippen molar-refractivity contribution in [2.24, 2.45) is 0 Å². The number of thioether (sulfide) groups is 1. The lowest BCUT2D eigenvalue weighted by Gasteiger charge is -2.10. The van der Waals surface area contributed by atoms with Crippen LogP contribution in [0.1, 0.15) is 11.5 Å². The molecule has 150 valence electrons. The number of anilines is 1. The van der Waals surface area contributed by atoms with Crippen LogP contribution in [0.15, 0.2) is 22.7 Å². The number of carbonyl (C=O) groups is 1. The molecule has 0 aliphatic carbocycles. The minimum absolute atomic E-state index is 0.241. The Hall–Kier alpha value is -2.50. The summed E-state index contributed by atoms with van der Waals surface area (Å²) in [5, 5.41) is 0. The van der Waals surface area contributed by atoms with Crippen LogP contribution in [0.5, 0.6) is 0 Å². The number of esters is 1. The molecule has 2 aromatic rings. The van der Waals surface area contributed by atoms with Crippen molar-refractivity contribution < 1.29 is 18.7 Å². The van der Waals surface area contributed by atoms with Crippen LogP contribution >= 0.6 is 11.8 Å². The lowest BCUT2D eigenvalue weighted by molar-refractivity contribution is -0.137. The number of pyridine rings is 1. The van der Waals surface area contributed by atoms with E-state index in [2.05, 4.69) is 26.5 Å². The van der Waals surface area contributed by atoms with Gasteiger partial charge in [0.1, 0.15) is 18.2 Å². The summed E-state index contributed by atoms with van der Waals surface area (Å²) >= 11 is 1.42. The van der Waals surface area contributed by atoms with Crippen LogP contribution in [-0.4, -0.2) is 61.9 Å². The fourth-order valence-electron chi connectivity index (χ4n) is 2.20. The van der Waals surface area contributed by atoms with Crippen molar-refractivity contribution in [1.82, 2.24) is 9.97 Å². The Morgan fingerprint density at radius 2 is 2.14 bits per heavy atom. The molecule has 0 saturated heterocycles.